The largest absolute Gasteiger partial charge is 0.489 e. The highest BCUT2D eigenvalue weighted by Gasteiger charge is 2.20. The van der Waals surface area contributed by atoms with Gasteiger partial charge in [0.15, 0.2) is 0 Å². The van der Waals surface area contributed by atoms with Crippen LogP contribution in [0.25, 0.3) is 0 Å². The predicted molar refractivity (Wildman–Crippen MR) is 52.6 cm³/mol. The molecule has 4 nitrogen and oxygen atoms in total. The molecule has 0 radical (unpaired) electrons. The van der Waals surface area contributed by atoms with Crippen molar-refractivity contribution in [3.63, 3.8) is 0 Å². The Hall–Kier alpha value is -1.04. The second-order valence-electron chi connectivity index (χ2n) is 2.60. The molecule has 1 aromatic carbocycles. The van der Waals surface area contributed by atoms with Gasteiger partial charge in [0.2, 0.25) is 0 Å². The van der Waals surface area contributed by atoms with Gasteiger partial charge in [0.25, 0.3) is 0 Å². The van der Waals surface area contributed by atoms with Crippen molar-refractivity contribution in [1.82, 2.24) is 0 Å². The minimum absolute atomic E-state index is 0.0509. The lowest BCUT2D eigenvalue weighted by atomic mass is 9.77. The van der Waals surface area contributed by atoms with Crippen molar-refractivity contribution >= 4 is 30.2 Å². The number of benzene rings is 1. The van der Waals surface area contributed by atoms with Crippen LogP contribution in [0.3, 0.4) is 0 Å². The van der Waals surface area contributed by atoms with Crippen LogP contribution in [-0.2, 0) is 4.74 Å². The molecular formula is C8H8BClO4. The molecule has 1 rings (SSSR count). The Morgan fingerprint density at radius 2 is 2.14 bits per heavy atom. The first kappa shape index (κ1) is 11.0. The molecule has 0 saturated heterocycles. The van der Waals surface area contributed by atoms with E-state index < -0.39 is 13.1 Å². The van der Waals surface area contributed by atoms with Gasteiger partial charge < -0.3 is 14.8 Å². The van der Waals surface area contributed by atoms with Crippen LogP contribution in [0.4, 0.5) is 0 Å². The molecule has 0 heterocycles. The van der Waals surface area contributed by atoms with Gasteiger partial charge in [-0.1, -0.05) is 17.7 Å². The molecule has 74 valence electrons. The molecule has 0 aromatic heterocycles. The average Bonchev–Trinajstić information content (AvgIpc) is 2.16. The van der Waals surface area contributed by atoms with Gasteiger partial charge in [-0.3, -0.25) is 0 Å². The number of carbonyl (C=O) groups is 1. The Kier molecular flexibility index (Phi) is 3.52. The van der Waals surface area contributed by atoms with E-state index in [-0.39, 0.29) is 11.0 Å². The number of ether oxygens (including phenoxy) is 1. The number of esters is 1. The molecule has 0 unspecified atom stereocenters. The summed E-state index contributed by atoms with van der Waals surface area (Å²) >= 11 is 5.65. The summed E-state index contributed by atoms with van der Waals surface area (Å²) in [5.41, 5.74) is 0.122. The molecule has 1 aromatic rings. The Morgan fingerprint density at radius 1 is 1.50 bits per heavy atom. The monoisotopic (exact) mass is 214 g/mol. The summed E-state index contributed by atoms with van der Waals surface area (Å²) in [5.74, 6) is -0.657. The Bertz CT molecular complexity index is 353. The van der Waals surface area contributed by atoms with Crippen molar-refractivity contribution in [3.8, 4) is 0 Å². The number of carbonyl (C=O) groups excluding carboxylic acids is 1. The fraction of sp³-hybridized carbons (Fsp3) is 0.125. The van der Waals surface area contributed by atoms with Crippen LogP contribution in [0.15, 0.2) is 18.2 Å². The lowest BCUT2D eigenvalue weighted by Crippen LogP contribution is -2.34. The van der Waals surface area contributed by atoms with Gasteiger partial charge in [-0.05, 0) is 17.6 Å². The molecule has 0 amide bonds. The average molecular weight is 214 g/mol. The van der Waals surface area contributed by atoms with Crippen LogP contribution in [-0.4, -0.2) is 30.2 Å². The SMILES string of the molecule is COC(=O)c1cc(Cl)ccc1B(O)O. The molecule has 0 fully saturated rings. The summed E-state index contributed by atoms with van der Waals surface area (Å²) in [4.78, 5) is 11.2. The van der Waals surface area contributed by atoms with Gasteiger partial charge in [0.1, 0.15) is 0 Å². The summed E-state index contributed by atoms with van der Waals surface area (Å²) in [6.07, 6.45) is 0. The highest BCUT2D eigenvalue weighted by atomic mass is 35.5. The van der Waals surface area contributed by atoms with Gasteiger partial charge in [-0.15, -0.1) is 0 Å². The standard InChI is InChI=1S/C8H8BClO4/c1-14-8(11)6-4-5(10)2-3-7(6)9(12)13/h2-4,12-13H,1H3. The van der Waals surface area contributed by atoms with Gasteiger partial charge in [0.05, 0.1) is 12.7 Å². The van der Waals surface area contributed by atoms with Gasteiger partial charge in [-0.2, -0.15) is 0 Å². The molecule has 0 aliphatic carbocycles. The molecule has 2 N–H and O–H groups in total. The zero-order chi connectivity index (χ0) is 10.7. The van der Waals surface area contributed by atoms with Crippen LogP contribution < -0.4 is 5.46 Å². The molecule has 0 saturated carbocycles. The van der Waals surface area contributed by atoms with Crippen LogP contribution in [0.2, 0.25) is 5.02 Å². The maximum absolute atomic E-state index is 11.2. The Labute approximate surface area is 86.2 Å². The summed E-state index contributed by atoms with van der Waals surface area (Å²) in [6.45, 7) is 0. The summed E-state index contributed by atoms with van der Waals surface area (Å²) in [7, 11) is -0.516. The van der Waals surface area contributed by atoms with Crippen molar-refractivity contribution in [2.24, 2.45) is 0 Å². The van der Waals surface area contributed by atoms with E-state index in [1.165, 1.54) is 25.3 Å². The Balaban J connectivity index is 3.22. The first-order chi connectivity index (χ1) is 6.56. The van der Waals surface area contributed by atoms with E-state index in [9.17, 15) is 4.79 Å². The van der Waals surface area contributed by atoms with Crippen molar-refractivity contribution < 1.29 is 19.6 Å². The summed E-state index contributed by atoms with van der Waals surface area (Å²) < 4.78 is 4.46. The number of hydrogen-bond donors (Lipinski definition) is 2. The quantitative estimate of drug-likeness (QED) is 0.529. The van der Waals surface area contributed by atoms with Gasteiger partial charge in [0, 0.05) is 5.02 Å². The first-order valence-electron chi connectivity index (χ1n) is 3.80. The fourth-order valence-corrected chi connectivity index (χ4v) is 1.21. The Morgan fingerprint density at radius 3 is 2.64 bits per heavy atom. The normalized spacial score (nSPS) is 9.71. The van der Waals surface area contributed by atoms with E-state index in [4.69, 9.17) is 21.6 Å². The second kappa shape index (κ2) is 4.46. The number of hydrogen-bond acceptors (Lipinski definition) is 4. The topological polar surface area (TPSA) is 66.8 Å². The zero-order valence-electron chi connectivity index (χ0n) is 7.40. The lowest BCUT2D eigenvalue weighted by molar-refractivity contribution is 0.0601. The molecule has 0 spiro atoms. The third kappa shape index (κ3) is 2.26. The van der Waals surface area contributed by atoms with Gasteiger partial charge in [-0.25, -0.2) is 4.79 Å². The molecule has 0 aliphatic heterocycles. The summed E-state index contributed by atoms with van der Waals surface area (Å²) in [5, 5.41) is 18.2. The number of rotatable bonds is 2. The third-order valence-corrected chi connectivity index (χ3v) is 1.93. The molecule has 0 bridgehead atoms. The van der Waals surface area contributed by atoms with Crippen molar-refractivity contribution in [2.45, 2.75) is 0 Å². The fourth-order valence-electron chi connectivity index (χ4n) is 1.04. The van der Waals surface area contributed by atoms with Crippen LogP contribution >= 0.6 is 11.6 Å². The maximum Gasteiger partial charge on any atom is 0.489 e. The van der Waals surface area contributed by atoms with Crippen LogP contribution in [0, 0.1) is 0 Å². The minimum Gasteiger partial charge on any atom is -0.465 e. The van der Waals surface area contributed by atoms with Crippen LogP contribution in [0.1, 0.15) is 10.4 Å². The van der Waals surface area contributed by atoms with Crippen molar-refractivity contribution in [3.05, 3.63) is 28.8 Å². The van der Waals surface area contributed by atoms with E-state index in [2.05, 4.69) is 4.74 Å². The van der Waals surface area contributed by atoms with E-state index in [1.54, 1.807) is 0 Å². The molecule has 6 heteroatoms. The van der Waals surface area contributed by atoms with Crippen LogP contribution in [0.5, 0.6) is 0 Å². The van der Waals surface area contributed by atoms with E-state index >= 15 is 0 Å². The minimum atomic E-state index is -1.72. The number of methoxy groups -OCH3 is 1. The highest BCUT2D eigenvalue weighted by Crippen LogP contribution is 2.10. The smallest absolute Gasteiger partial charge is 0.465 e. The summed E-state index contributed by atoms with van der Waals surface area (Å²) in [6, 6.07) is 4.14. The zero-order valence-corrected chi connectivity index (χ0v) is 8.15. The maximum atomic E-state index is 11.2. The van der Waals surface area contributed by atoms with E-state index in [0.717, 1.165) is 0 Å². The number of halogens is 1. The van der Waals surface area contributed by atoms with Crippen molar-refractivity contribution in [1.29, 1.82) is 0 Å². The molecule has 0 atom stereocenters. The molecular weight excluding hydrogens is 206 g/mol. The first-order valence-corrected chi connectivity index (χ1v) is 4.18. The lowest BCUT2D eigenvalue weighted by Gasteiger charge is -2.06. The highest BCUT2D eigenvalue weighted by molar-refractivity contribution is 6.60. The van der Waals surface area contributed by atoms with Gasteiger partial charge >= 0.3 is 13.1 Å². The second-order valence-corrected chi connectivity index (χ2v) is 3.03. The van der Waals surface area contributed by atoms with E-state index in [1.807, 2.05) is 0 Å². The third-order valence-electron chi connectivity index (χ3n) is 1.70. The predicted octanol–water partition coefficient (Wildman–Crippen LogP) is -0.194. The molecule has 0 aliphatic rings. The van der Waals surface area contributed by atoms with Crippen molar-refractivity contribution in [2.75, 3.05) is 7.11 Å². The molecule has 14 heavy (non-hydrogen) atoms. The van der Waals surface area contributed by atoms with E-state index in [0.29, 0.717) is 5.02 Å².